The largest absolute Gasteiger partial charge is 0.506 e. The number of benzene rings is 2. The molecule has 1 atom stereocenters. The van der Waals surface area contributed by atoms with Crippen LogP contribution in [0.25, 0.3) is 5.76 Å². The molecule has 0 aliphatic carbocycles. The highest BCUT2D eigenvalue weighted by molar-refractivity contribution is 7.09. The number of thiophene rings is 1. The van der Waals surface area contributed by atoms with Gasteiger partial charge in [-0.3, -0.25) is 9.59 Å². The summed E-state index contributed by atoms with van der Waals surface area (Å²) < 4.78 is 27.4. The number of nitrogens with zero attached hydrogens (tertiary/aromatic N) is 1. The number of rotatable bonds is 9. The van der Waals surface area contributed by atoms with Crippen molar-refractivity contribution < 1.29 is 38.4 Å². The van der Waals surface area contributed by atoms with E-state index in [0.717, 1.165) is 4.88 Å². The quantitative estimate of drug-likeness (QED) is 0.249. The van der Waals surface area contributed by atoms with Gasteiger partial charge in [0.1, 0.15) is 22.8 Å². The van der Waals surface area contributed by atoms with Gasteiger partial charge in [-0.2, -0.15) is 0 Å². The first-order valence-electron chi connectivity index (χ1n) is 11.2. The van der Waals surface area contributed by atoms with Crippen molar-refractivity contribution >= 4 is 28.8 Å². The normalized spacial score (nSPS) is 16.6. The van der Waals surface area contributed by atoms with Gasteiger partial charge in [0, 0.05) is 4.88 Å². The van der Waals surface area contributed by atoms with E-state index in [1.807, 2.05) is 17.5 Å². The van der Waals surface area contributed by atoms with Gasteiger partial charge in [-0.1, -0.05) is 12.1 Å². The van der Waals surface area contributed by atoms with Gasteiger partial charge in [-0.25, -0.2) is 0 Å². The number of carbonyl (C=O) groups excluding carboxylic acids is 2. The Morgan fingerprint density at radius 3 is 1.95 bits per heavy atom. The third-order valence-corrected chi connectivity index (χ3v) is 6.97. The van der Waals surface area contributed by atoms with Gasteiger partial charge in [0.2, 0.25) is 5.75 Å². The van der Waals surface area contributed by atoms with Crippen LogP contribution in [0.2, 0.25) is 0 Å². The van der Waals surface area contributed by atoms with Crippen LogP contribution in [-0.4, -0.2) is 57.2 Å². The molecule has 1 N–H and O–H groups in total. The summed E-state index contributed by atoms with van der Waals surface area (Å²) >= 11 is 1.46. The fourth-order valence-electron chi connectivity index (χ4n) is 4.44. The van der Waals surface area contributed by atoms with Crippen LogP contribution >= 0.6 is 11.3 Å². The van der Waals surface area contributed by atoms with E-state index in [-0.39, 0.29) is 29.2 Å². The fourth-order valence-corrected chi connectivity index (χ4v) is 5.14. The summed E-state index contributed by atoms with van der Waals surface area (Å²) in [6.45, 7) is 0.156. The predicted molar refractivity (Wildman–Crippen MR) is 138 cm³/mol. The van der Waals surface area contributed by atoms with E-state index in [1.54, 1.807) is 30.3 Å². The Morgan fingerprint density at radius 2 is 1.46 bits per heavy atom. The summed E-state index contributed by atoms with van der Waals surface area (Å²) in [5, 5.41) is 13.5. The number of methoxy groups -OCH3 is 5. The summed E-state index contributed by atoms with van der Waals surface area (Å²) in [5.74, 6) is -0.393. The Hall–Kier alpha value is -4.18. The number of amides is 1. The van der Waals surface area contributed by atoms with Gasteiger partial charge in [-0.05, 0) is 41.3 Å². The van der Waals surface area contributed by atoms with Crippen molar-refractivity contribution in [1.82, 2.24) is 4.90 Å². The highest BCUT2D eigenvalue weighted by Gasteiger charge is 2.47. The van der Waals surface area contributed by atoms with Crippen LogP contribution in [-0.2, 0) is 16.1 Å². The summed E-state index contributed by atoms with van der Waals surface area (Å²) in [6, 6.07) is 11.1. The van der Waals surface area contributed by atoms with Crippen LogP contribution in [0.1, 0.15) is 22.0 Å². The topological polar surface area (TPSA) is 104 Å². The average molecular weight is 526 g/mol. The fraction of sp³-hybridized carbons (Fsp3) is 0.259. The van der Waals surface area contributed by atoms with Crippen molar-refractivity contribution in [2.45, 2.75) is 12.6 Å². The molecule has 37 heavy (non-hydrogen) atoms. The van der Waals surface area contributed by atoms with Gasteiger partial charge in [0.15, 0.2) is 11.5 Å². The molecule has 9 nitrogen and oxygen atoms in total. The van der Waals surface area contributed by atoms with Crippen molar-refractivity contribution in [3.63, 3.8) is 0 Å². The van der Waals surface area contributed by atoms with Crippen LogP contribution in [0.3, 0.4) is 0 Å². The first-order chi connectivity index (χ1) is 17.9. The first kappa shape index (κ1) is 25.9. The molecule has 0 spiro atoms. The lowest BCUT2D eigenvalue weighted by molar-refractivity contribution is -0.140. The summed E-state index contributed by atoms with van der Waals surface area (Å²) in [4.78, 5) is 29.2. The number of hydrogen-bond acceptors (Lipinski definition) is 9. The number of hydrogen-bond donors (Lipinski definition) is 1. The number of aliphatic hydroxyl groups excluding tert-OH is 1. The van der Waals surface area contributed by atoms with Crippen LogP contribution in [0, 0.1) is 0 Å². The van der Waals surface area contributed by atoms with E-state index in [4.69, 9.17) is 23.7 Å². The molecule has 194 valence electrons. The second-order valence-corrected chi connectivity index (χ2v) is 9.03. The van der Waals surface area contributed by atoms with E-state index in [9.17, 15) is 14.7 Å². The molecule has 1 amide bonds. The minimum absolute atomic E-state index is 0.112. The number of ketones is 1. The van der Waals surface area contributed by atoms with Crippen molar-refractivity contribution in [3.05, 3.63) is 69.4 Å². The van der Waals surface area contributed by atoms with Crippen molar-refractivity contribution in [3.8, 4) is 28.7 Å². The number of likely N-dealkylation sites (tertiary alicyclic amines) is 1. The second kappa shape index (κ2) is 10.8. The Labute approximate surface area is 218 Å². The maximum Gasteiger partial charge on any atom is 0.295 e. The van der Waals surface area contributed by atoms with Gasteiger partial charge in [0.05, 0.1) is 53.7 Å². The Kier molecular flexibility index (Phi) is 7.58. The van der Waals surface area contributed by atoms with Crippen molar-refractivity contribution in [2.75, 3.05) is 35.5 Å². The van der Waals surface area contributed by atoms with Gasteiger partial charge < -0.3 is 33.7 Å². The molecule has 3 aromatic rings. The highest BCUT2D eigenvalue weighted by Crippen LogP contribution is 2.47. The second-order valence-electron chi connectivity index (χ2n) is 8.00. The van der Waals surface area contributed by atoms with E-state index >= 15 is 0 Å². The molecule has 1 aliphatic rings. The smallest absolute Gasteiger partial charge is 0.295 e. The zero-order chi connectivity index (χ0) is 26.7. The molecule has 2 aromatic carbocycles. The SMILES string of the molecule is COc1cc(C2/C(=C(\O)c3c(OC)cccc3OC)C(=O)C(=O)N2Cc2cccs2)cc(OC)c1OC. The van der Waals surface area contributed by atoms with Crippen molar-refractivity contribution in [1.29, 1.82) is 0 Å². The number of carbonyl (C=O) groups is 2. The molecular formula is C27H27NO8S. The van der Waals surface area contributed by atoms with Gasteiger partial charge in [-0.15, -0.1) is 11.3 Å². The molecule has 1 aliphatic heterocycles. The third-order valence-electron chi connectivity index (χ3n) is 6.11. The lowest BCUT2D eigenvalue weighted by atomic mass is 9.94. The molecule has 1 saturated heterocycles. The Morgan fingerprint density at radius 1 is 0.865 bits per heavy atom. The van der Waals surface area contributed by atoms with Crippen LogP contribution in [0.5, 0.6) is 28.7 Å². The maximum absolute atomic E-state index is 13.5. The molecule has 4 rings (SSSR count). The summed E-state index contributed by atoms with van der Waals surface area (Å²) in [5.41, 5.74) is 0.540. The zero-order valence-electron chi connectivity index (χ0n) is 21.1. The lowest BCUT2D eigenvalue weighted by Gasteiger charge is -2.26. The van der Waals surface area contributed by atoms with E-state index in [1.165, 1.54) is 51.8 Å². The molecule has 0 saturated carbocycles. The molecule has 1 unspecified atom stereocenters. The van der Waals surface area contributed by atoms with Crippen LogP contribution in [0.15, 0.2) is 53.4 Å². The average Bonchev–Trinajstić information content (AvgIpc) is 3.53. The van der Waals surface area contributed by atoms with Crippen molar-refractivity contribution in [2.24, 2.45) is 0 Å². The van der Waals surface area contributed by atoms with Gasteiger partial charge >= 0.3 is 0 Å². The third kappa shape index (κ3) is 4.55. The van der Waals surface area contributed by atoms with E-state index in [0.29, 0.717) is 22.8 Å². The molecule has 1 aromatic heterocycles. The Bertz CT molecular complexity index is 1300. The monoisotopic (exact) mass is 525 g/mol. The van der Waals surface area contributed by atoms with Crippen LogP contribution in [0.4, 0.5) is 0 Å². The zero-order valence-corrected chi connectivity index (χ0v) is 21.9. The maximum atomic E-state index is 13.5. The molecule has 2 heterocycles. The lowest BCUT2D eigenvalue weighted by Crippen LogP contribution is -2.29. The molecular weight excluding hydrogens is 498 g/mol. The number of Topliss-reactive ketones (excluding diaryl/α,β-unsaturated/α-hetero) is 1. The predicted octanol–water partition coefficient (Wildman–Crippen LogP) is 4.41. The minimum atomic E-state index is -0.967. The molecule has 0 radical (unpaired) electrons. The van der Waals surface area contributed by atoms with E-state index < -0.39 is 23.5 Å². The molecule has 10 heteroatoms. The minimum Gasteiger partial charge on any atom is -0.506 e. The van der Waals surface area contributed by atoms with Crippen LogP contribution < -0.4 is 23.7 Å². The van der Waals surface area contributed by atoms with E-state index in [2.05, 4.69) is 0 Å². The first-order valence-corrected chi connectivity index (χ1v) is 12.1. The highest BCUT2D eigenvalue weighted by atomic mass is 32.1. The molecule has 1 fully saturated rings. The number of ether oxygens (including phenoxy) is 5. The Balaban J connectivity index is 2.01. The van der Waals surface area contributed by atoms with Gasteiger partial charge in [0.25, 0.3) is 11.7 Å². The summed E-state index contributed by atoms with van der Waals surface area (Å²) in [6.07, 6.45) is 0. The summed E-state index contributed by atoms with van der Waals surface area (Å²) in [7, 11) is 7.32. The standard InChI is InChI=1S/C27H27NO8S/c1-32-17-9-6-10-18(33-2)21(17)24(29)22-23(15-12-19(34-3)26(36-5)20(13-15)35-4)28(27(31)25(22)30)14-16-8-7-11-37-16/h6-13,23,29H,14H2,1-5H3/b24-22+. The number of aliphatic hydroxyl groups is 1. The molecule has 0 bridgehead atoms.